The van der Waals surface area contributed by atoms with E-state index in [-0.39, 0.29) is 5.89 Å². The summed E-state index contributed by atoms with van der Waals surface area (Å²) in [6.07, 6.45) is 5.35. The van der Waals surface area contributed by atoms with Crippen molar-refractivity contribution < 1.29 is 17.2 Å². The van der Waals surface area contributed by atoms with Gasteiger partial charge in [-0.3, -0.25) is 0 Å². The predicted octanol–water partition coefficient (Wildman–Crippen LogP) is 3.00. The van der Waals surface area contributed by atoms with Crippen molar-refractivity contribution in [3.8, 4) is 0 Å². The number of rotatable bonds is 8. The smallest absolute Gasteiger partial charge is 0.391 e. The summed E-state index contributed by atoms with van der Waals surface area (Å²) < 4.78 is 50.9. The van der Waals surface area contributed by atoms with Crippen molar-refractivity contribution in [2.75, 3.05) is 32.7 Å². The Morgan fingerprint density at radius 2 is 1.86 bits per heavy atom. The third-order valence-electron chi connectivity index (χ3n) is 7.56. The molecule has 1 aromatic heterocycles. The van der Waals surface area contributed by atoms with Crippen molar-refractivity contribution in [2.24, 2.45) is 5.92 Å². The van der Waals surface area contributed by atoms with Crippen LogP contribution in [0.2, 0.25) is 0 Å². The first-order chi connectivity index (χ1) is 16.7. The first kappa shape index (κ1) is 26.0. The van der Waals surface area contributed by atoms with E-state index >= 15 is 0 Å². The molecule has 2 atom stereocenters. The Balaban J connectivity index is 1.50. The van der Waals surface area contributed by atoms with Gasteiger partial charge >= 0.3 is 5.76 Å². The number of H-pyrrole nitrogens is 1. The molecular weight excluding hydrogens is 473 g/mol. The van der Waals surface area contributed by atoms with Crippen molar-refractivity contribution in [1.82, 2.24) is 24.1 Å². The molecule has 0 aliphatic carbocycles. The van der Waals surface area contributed by atoms with Gasteiger partial charge in [0.25, 0.3) is 10.2 Å². The van der Waals surface area contributed by atoms with Crippen LogP contribution in [0.3, 0.4) is 0 Å². The zero-order valence-corrected chi connectivity index (χ0v) is 21.5. The maximum atomic E-state index is 14.9. The average molecular weight is 510 g/mol. The largest absolute Gasteiger partial charge is 0.434 e. The second-order valence-electron chi connectivity index (χ2n) is 9.95. The molecule has 1 aromatic carbocycles. The summed E-state index contributed by atoms with van der Waals surface area (Å²) in [5.41, 5.74) is 1.97. The highest BCUT2D eigenvalue weighted by Gasteiger charge is 2.36. The second-order valence-corrected chi connectivity index (χ2v) is 11.6. The second kappa shape index (κ2) is 10.9. The number of halogens is 1. The highest BCUT2D eigenvalue weighted by atomic mass is 32.2. The number of hydrogen-bond acceptors (Lipinski definition) is 6. The van der Waals surface area contributed by atoms with Crippen LogP contribution >= 0.6 is 0 Å². The number of aromatic nitrogens is 2. The van der Waals surface area contributed by atoms with E-state index in [4.69, 9.17) is 4.42 Å². The van der Waals surface area contributed by atoms with Gasteiger partial charge in [-0.05, 0) is 81.3 Å². The van der Waals surface area contributed by atoms with E-state index in [0.717, 1.165) is 43.6 Å². The molecule has 2 aliphatic rings. The van der Waals surface area contributed by atoms with E-state index in [1.807, 2.05) is 6.92 Å². The topological polar surface area (TPSA) is 112 Å². The Hall–Kier alpha value is -2.08. The van der Waals surface area contributed by atoms with Gasteiger partial charge in [-0.1, -0.05) is 19.4 Å². The zero-order valence-electron chi connectivity index (χ0n) is 20.7. The van der Waals surface area contributed by atoms with E-state index in [2.05, 4.69) is 19.8 Å². The van der Waals surface area contributed by atoms with Crippen molar-refractivity contribution >= 4 is 10.2 Å². The molecule has 2 saturated heterocycles. The van der Waals surface area contributed by atoms with E-state index < -0.39 is 33.7 Å². The lowest BCUT2D eigenvalue weighted by Gasteiger charge is -2.36. The van der Waals surface area contributed by atoms with Crippen LogP contribution in [0.25, 0.3) is 0 Å². The van der Waals surface area contributed by atoms with Gasteiger partial charge in [-0.25, -0.2) is 14.3 Å². The Morgan fingerprint density at radius 3 is 2.49 bits per heavy atom. The molecule has 1 unspecified atom stereocenters. The molecule has 2 N–H and O–H groups in total. The minimum Gasteiger partial charge on any atom is -0.391 e. The van der Waals surface area contributed by atoms with Gasteiger partial charge in [-0.2, -0.15) is 17.4 Å². The number of piperidine rings is 2. The number of likely N-dealkylation sites (tertiary alicyclic amines) is 1. The third kappa shape index (κ3) is 6.02. The quantitative estimate of drug-likeness (QED) is 0.566. The molecule has 9 nitrogen and oxygen atoms in total. The number of nitrogens with zero attached hydrogens (tertiary/aromatic N) is 3. The molecule has 0 amide bonds. The number of aromatic amines is 1. The fourth-order valence-corrected chi connectivity index (χ4v) is 6.81. The number of benzene rings is 1. The van der Waals surface area contributed by atoms with E-state index in [9.17, 15) is 17.6 Å². The van der Waals surface area contributed by atoms with Crippen LogP contribution in [0.1, 0.15) is 73.6 Å². The summed E-state index contributed by atoms with van der Waals surface area (Å²) in [7, 11) is -3.94. The monoisotopic (exact) mass is 509 g/mol. The molecule has 0 bridgehead atoms. The van der Waals surface area contributed by atoms with Crippen LogP contribution in [0.4, 0.5) is 4.39 Å². The minimum atomic E-state index is -3.94. The molecule has 0 radical (unpaired) electrons. The number of nitrogens with one attached hydrogen (secondary N) is 2. The Labute approximate surface area is 206 Å². The number of hydrogen-bond donors (Lipinski definition) is 2. The van der Waals surface area contributed by atoms with Crippen LogP contribution in [-0.4, -0.2) is 60.5 Å². The molecule has 0 spiro atoms. The molecule has 2 aliphatic heterocycles. The summed E-state index contributed by atoms with van der Waals surface area (Å²) >= 11 is 0. The van der Waals surface area contributed by atoms with Crippen LogP contribution in [-0.2, 0) is 10.2 Å². The van der Waals surface area contributed by atoms with Crippen molar-refractivity contribution in [2.45, 2.75) is 64.8 Å². The summed E-state index contributed by atoms with van der Waals surface area (Å²) in [6, 6.07) is 2.00. The lowest BCUT2D eigenvalue weighted by atomic mass is 9.88. The van der Waals surface area contributed by atoms with Crippen molar-refractivity contribution in [3.63, 3.8) is 0 Å². The van der Waals surface area contributed by atoms with Crippen LogP contribution < -0.4 is 10.5 Å². The highest BCUT2D eigenvalue weighted by Crippen LogP contribution is 2.35. The lowest BCUT2D eigenvalue weighted by molar-refractivity contribution is 0.160. The molecule has 4 rings (SSSR count). The van der Waals surface area contributed by atoms with E-state index in [1.165, 1.54) is 29.6 Å². The molecule has 0 saturated carbocycles. The molecule has 35 heavy (non-hydrogen) atoms. The normalized spacial score (nSPS) is 20.7. The number of aryl methyl sites for hydroxylation is 1. The Bertz CT molecular complexity index is 1170. The Morgan fingerprint density at radius 1 is 1.17 bits per heavy atom. The van der Waals surface area contributed by atoms with E-state index in [1.54, 1.807) is 19.9 Å². The van der Waals surface area contributed by atoms with Gasteiger partial charge in [0.15, 0.2) is 0 Å². The Kier molecular flexibility index (Phi) is 8.09. The van der Waals surface area contributed by atoms with Crippen LogP contribution in [0.15, 0.2) is 21.3 Å². The van der Waals surface area contributed by atoms with Gasteiger partial charge < -0.3 is 9.32 Å². The molecule has 194 valence electrons. The van der Waals surface area contributed by atoms with Gasteiger partial charge in [0, 0.05) is 25.6 Å². The third-order valence-corrected chi connectivity index (χ3v) is 9.16. The zero-order chi connectivity index (χ0) is 25.2. The van der Waals surface area contributed by atoms with Gasteiger partial charge in [0.2, 0.25) is 5.89 Å². The van der Waals surface area contributed by atoms with E-state index in [0.29, 0.717) is 24.6 Å². The predicted molar refractivity (Wildman–Crippen MR) is 131 cm³/mol. The lowest BCUT2D eigenvalue weighted by Crippen LogP contribution is -2.48. The van der Waals surface area contributed by atoms with Crippen LogP contribution in [0, 0.1) is 25.6 Å². The minimum absolute atomic E-state index is 0.119. The average Bonchev–Trinajstić information content (AvgIpc) is 3.27. The summed E-state index contributed by atoms with van der Waals surface area (Å²) in [5, 5.41) is 6.06. The maximum absolute atomic E-state index is 14.9. The first-order valence-corrected chi connectivity index (χ1v) is 13.9. The van der Waals surface area contributed by atoms with Crippen molar-refractivity contribution in [1.29, 1.82) is 0 Å². The van der Waals surface area contributed by atoms with Gasteiger partial charge in [-0.15, -0.1) is 5.10 Å². The van der Waals surface area contributed by atoms with Crippen molar-refractivity contribution in [3.05, 3.63) is 51.1 Å². The summed E-state index contributed by atoms with van der Waals surface area (Å²) in [5.74, 6) is -1.56. The maximum Gasteiger partial charge on any atom is 0.434 e. The standard InChI is InChI=1S/C24H36FN5O4S/c1-16-7-8-20(25)21(17(16)2)18(3)22(23-26-27-24(31)34-23)28-35(32,33)30-13-9-19(10-14-30)15-29-11-5-4-6-12-29/h7-8,18-19,22,28H,4-6,9-15H2,1-3H3,(H,27,31)/t18?,22-/m0/s1. The molecular formula is C24H36FN5O4S. The first-order valence-electron chi connectivity index (χ1n) is 12.5. The summed E-state index contributed by atoms with van der Waals surface area (Å²) in [6.45, 7) is 9.47. The molecule has 2 aromatic rings. The van der Waals surface area contributed by atoms with Gasteiger partial charge in [0.1, 0.15) is 11.9 Å². The van der Waals surface area contributed by atoms with Crippen LogP contribution in [0.5, 0.6) is 0 Å². The SMILES string of the molecule is Cc1ccc(F)c(C(C)[C@H](NS(=O)(=O)N2CCC(CN3CCCCC3)CC2)c2n[nH]c(=O)o2)c1C. The molecule has 3 heterocycles. The molecule has 11 heteroatoms. The fraction of sp³-hybridized carbons (Fsp3) is 0.667. The summed E-state index contributed by atoms with van der Waals surface area (Å²) in [4.78, 5) is 14.2. The van der Waals surface area contributed by atoms with Gasteiger partial charge in [0.05, 0.1) is 0 Å². The highest BCUT2D eigenvalue weighted by molar-refractivity contribution is 7.87. The molecule has 2 fully saturated rings. The fourth-order valence-electron chi connectivity index (χ4n) is 5.35.